The molecule has 4 heterocycles. The van der Waals surface area contributed by atoms with E-state index in [-0.39, 0.29) is 23.4 Å². The number of aromatic nitrogens is 4. The van der Waals surface area contributed by atoms with Gasteiger partial charge in [-0.2, -0.15) is 0 Å². The van der Waals surface area contributed by atoms with Gasteiger partial charge in [-0.3, -0.25) is 14.0 Å². The maximum atomic E-state index is 12.2. The highest BCUT2D eigenvalue weighted by atomic mass is 16.2. The quantitative estimate of drug-likeness (QED) is 0.759. The van der Waals surface area contributed by atoms with E-state index in [1.165, 1.54) is 10.5 Å². The van der Waals surface area contributed by atoms with Crippen LogP contribution in [0.4, 0.5) is 5.82 Å². The first-order valence-electron chi connectivity index (χ1n) is 8.50. The van der Waals surface area contributed by atoms with Gasteiger partial charge in [0.05, 0.1) is 6.04 Å². The van der Waals surface area contributed by atoms with E-state index in [1.807, 2.05) is 30.9 Å². The summed E-state index contributed by atoms with van der Waals surface area (Å²) in [5.41, 5.74) is 0.445. The van der Waals surface area contributed by atoms with E-state index in [2.05, 4.69) is 15.3 Å². The van der Waals surface area contributed by atoms with Crippen molar-refractivity contribution in [2.45, 2.75) is 12.5 Å². The van der Waals surface area contributed by atoms with Crippen molar-refractivity contribution in [2.24, 2.45) is 13.0 Å². The zero-order valence-electron chi connectivity index (χ0n) is 14.7. The molecule has 3 aromatic rings. The number of hydrogen-bond acceptors (Lipinski definition) is 5. The smallest absolute Gasteiger partial charge is 0.259 e. The van der Waals surface area contributed by atoms with Crippen LogP contribution in [0.5, 0.6) is 0 Å². The molecule has 4 rings (SSSR count). The molecule has 8 nitrogen and oxygen atoms in total. The highest BCUT2D eigenvalue weighted by Crippen LogP contribution is 2.35. The minimum Gasteiger partial charge on any atom is -0.369 e. The first kappa shape index (κ1) is 16.3. The molecule has 3 aromatic heterocycles. The van der Waals surface area contributed by atoms with E-state index in [1.54, 1.807) is 29.4 Å². The number of rotatable bonds is 4. The Morgan fingerprint density at radius 2 is 2.08 bits per heavy atom. The van der Waals surface area contributed by atoms with Crippen molar-refractivity contribution in [3.05, 3.63) is 59.0 Å². The maximum Gasteiger partial charge on any atom is 0.259 e. The van der Waals surface area contributed by atoms with Crippen molar-refractivity contribution in [1.82, 2.24) is 23.8 Å². The predicted octanol–water partition coefficient (Wildman–Crippen LogP) is 1.06. The predicted molar refractivity (Wildman–Crippen MR) is 96.8 cm³/mol. The van der Waals surface area contributed by atoms with Crippen LogP contribution in [0, 0.1) is 5.92 Å². The molecule has 1 fully saturated rings. The number of nitrogens with one attached hydrogen (secondary N) is 1. The lowest BCUT2D eigenvalue weighted by Gasteiger charge is -2.24. The normalized spacial score (nSPS) is 20.1. The molecule has 1 N–H and O–H groups in total. The third-order valence-corrected chi connectivity index (χ3v) is 4.93. The second-order valence-electron chi connectivity index (χ2n) is 6.60. The molecule has 0 aromatic carbocycles. The Bertz CT molecular complexity index is 1020. The lowest BCUT2D eigenvalue weighted by atomic mass is 9.99. The fourth-order valence-electron chi connectivity index (χ4n) is 3.56. The minimum atomic E-state index is -0.140. The largest absolute Gasteiger partial charge is 0.369 e. The number of aryl methyl sites for hydroxylation is 1. The SMILES string of the molecule is CN1C(=O)C[C@@H](CNc2cc(=O)n3ccccc3n2)[C@@H]1c1nccn1C. The first-order valence-corrected chi connectivity index (χ1v) is 8.50. The number of fused-ring (bicyclic) bond motifs is 1. The Hall–Kier alpha value is -3.16. The average molecular weight is 352 g/mol. The van der Waals surface area contributed by atoms with E-state index in [4.69, 9.17) is 0 Å². The van der Waals surface area contributed by atoms with Crippen LogP contribution in [0.2, 0.25) is 0 Å². The van der Waals surface area contributed by atoms with Gasteiger partial charge in [0.2, 0.25) is 5.91 Å². The van der Waals surface area contributed by atoms with Crippen LogP contribution in [-0.4, -0.2) is 43.3 Å². The van der Waals surface area contributed by atoms with Gasteiger partial charge >= 0.3 is 0 Å². The molecule has 0 aliphatic carbocycles. The van der Waals surface area contributed by atoms with Gasteiger partial charge in [0.25, 0.3) is 5.56 Å². The molecule has 1 saturated heterocycles. The molecule has 8 heteroatoms. The lowest BCUT2D eigenvalue weighted by Crippen LogP contribution is -2.29. The number of amides is 1. The number of anilines is 1. The molecule has 26 heavy (non-hydrogen) atoms. The monoisotopic (exact) mass is 352 g/mol. The van der Waals surface area contributed by atoms with Crippen molar-refractivity contribution in [1.29, 1.82) is 0 Å². The van der Waals surface area contributed by atoms with Gasteiger partial charge in [0.1, 0.15) is 17.3 Å². The summed E-state index contributed by atoms with van der Waals surface area (Å²) >= 11 is 0. The van der Waals surface area contributed by atoms with Crippen molar-refractivity contribution in [3.63, 3.8) is 0 Å². The Labute approximate surface area is 150 Å². The summed E-state index contributed by atoms with van der Waals surface area (Å²) in [6, 6.07) is 6.80. The summed E-state index contributed by atoms with van der Waals surface area (Å²) in [5.74, 6) is 1.51. The molecule has 0 unspecified atom stereocenters. The fourth-order valence-corrected chi connectivity index (χ4v) is 3.56. The number of nitrogens with zero attached hydrogens (tertiary/aromatic N) is 5. The number of likely N-dealkylation sites (tertiary alicyclic amines) is 1. The van der Waals surface area contributed by atoms with Crippen LogP contribution in [0.3, 0.4) is 0 Å². The molecule has 1 amide bonds. The van der Waals surface area contributed by atoms with E-state index in [9.17, 15) is 9.59 Å². The molecule has 1 aliphatic heterocycles. The summed E-state index contributed by atoms with van der Waals surface area (Å²) in [7, 11) is 3.73. The number of carbonyl (C=O) groups excluding carboxylic acids is 1. The lowest BCUT2D eigenvalue weighted by molar-refractivity contribution is -0.127. The van der Waals surface area contributed by atoms with Gasteiger partial charge in [-0.25, -0.2) is 9.97 Å². The maximum absolute atomic E-state index is 12.2. The summed E-state index contributed by atoms with van der Waals surface area (Å²) in [4.78, 5) is 35.1. The molecular formula is C18H20N6O2. The van der Waals surface area contributed by atoms with Gasteiger partial charge in [-0.1, -0.05) is 6.07 Å². The van der Waals surface area contributed by atoms with Crippen LogP contribution in [-0.2, 0) is 11.8 Å². The van der Waals surface area contributed by atoms with Crippen molar-refractivity contribution in [2.75, 3.05) is 18.9 Å². The van der Waals surface area contributed by atoms with Gasteiger partial charge in [-0.15, -0.1) is 0 Å². The van der Waals surface area contributed by atoms with Gasteiger partial charge in [0, 0.05) is 57.6 Å². The van der Waals surface area contributed by atoms with Gasteiger partial charge in [-0.05, 0) is 12.1 Å². The zero-order valence-corrected chi connectivity index (χ0v) is 14.7. The molecule has 134 valence electrons. The molecule has 0 saturated carbocycles. The second-order valence-corrected chi connectivity index (χ2v) is 6.60. The molecule has 1 aliphatic rings. The van der Waals surface area contributed by atoms with Crippen LogP contribution in [0.25, 0.3) is 5.65 Å². The van der Waals surface area contributed by atoms with E-state index in [0.717, 1.165) is 5.82 Å². The van der Waals surface area contributed by atoms with Crippen molar-refractivity contribution >= 4 is 17.4 Å². The van der Waals surface area contributed by atoms with E-state index < -0.39 is 0 Å². The standard InChI is InChI=1S/C18H20N6O2/c1-22-8-6-19-18(22)17-12(9-15(25)23(17)2)11-20-13-10-16(26)24-7-4-3-5-14(24)21-13/h3-8,10,12,17,20H,9,11H2,1-2H3/t12-,17+/m0/s1. The van der Waals surface area contributed by atoms with Crippen LogP contribution >= 0.6 is 0 Å². The number of hydrogen-bond donors (Lipinski definition) is 1. The average Bonchev–Trinajstić information content (AvgIpc) is 3.16. The summed E-state index contributed by atoms with van der Waals surface area (Å²) < 4.78 is 3.43. The zero-order chi connectivity index (χ0) is 18.3. The second kappa shape index (κ2) is 6.29. The van der Waals surface area contributed by atoms with Crippen molar-refractivity contribution in [3.8, 4) is 0 Å². The number of imidazole rings is 1. The molecule has 2 atom stereocenters. The minimum absolute atomic E-state index is 0.0459. The summed E-state index contributed by atoms with van der Waals surface area (Å²) in [5, 5.41) is 3.23. The third kappa shape index (κ3) is 2.73. The topological polar surface area (TPSA) is 84.5 Å². The molecule has 0 bridgehead atoms. The summed E-state index contributed by atoms with van der Waals surface area (Å²) in [6.45, 7) is 0.531. The molecule has 0 radical (unpaired) electrons. The highest BCUT2D eigenvalue weighted by molar-refractivity contribution is 5.79. The van der Waals surface area contributed by atoms with Gasteiger partial charge < -0.3 is 14.8 Å². The van der Waals surface area contributed by atoms with Gasteiger partial charge in [0.15, 0.2) is 0 Å². The van der Waals surface area contributed by atoms with E-state index in [0.29, 0.717) is 24.4 Å². The Balaban J connectivity index is 1.58. The Morgan fingerprint density at radius 3 is 2.85 bits per heavy atom. The third-order valence-electron chi connectivity index (χ3n) is 4.93. The number of pyridine rings is 1. The Morgan fingerprint density at radius 1 is 1.23 bits per heavy atom. The first-order chi connectivity index (χ1) is 12.5. The highest BCUT2D eigenvalue weighted by Gasteiger charge is 2.40. The molecular weight excluding hydrogens is 332 g/mol. The van der Waals surface area contributed by atoms with Crippen LogP contribution in [0.1, 0.15) is 18.3 Å². The Kier molecular flexibility index (Phi) is 3.95. The molecule has 0 spiro atoms. The van der Waals surface area contributed by atoms with Crippen LogP contribution < -0.4 is 10.9 Å². The van der Waals surface area contributed by atoms with E-state index >= 15 is 0 Å². The summed E-state index contributed by atoms with van der Waals surface area (Å²) in [6.07, 6.45) is 5.74. The fraction of sp³-hybridized carbons (Fsp3) is 0.333. The number of carbonyl (C=O) groups is 1. The van der Waals surface area contributed by atoms with Crippen LogP contribution in [0.15, 0.2) is 47.7 Å². The van der Waals surface area contributed by atoms with Crippen molar-refractivity contribution < 1.29 is 4.79 Å².